The van der Waals surface area contributed by atoms with Crippen LogP contribution in [0.15, 0.2) is 38.7 Å². The van der Waals surface area contributed by atoms with E-state index >= 15 is 0 Å². The lowest BCUT2D eigenvalue weighted by molar-refractivity contribution is 1.15. The van der Waals surface area contributed by atoms with Crippen molar-refractivity contribution in [2.45, 2.75) is 13.8 Å². The Balaban J connectivity index is 4.38. The summed E-state index contributed by atoms with van der Waals surface area (Å²) < 4.78 is 0. The number of aliphatic imine (C=N–C) groups is 1. The van der Waals surface area contributed by atoms with Crippen LogP contribution in [0, 0.1) is 0 Å². The summed E-state index contributed by atoms with van der Waals surface area (Å²) in [6, 6.07) is 0. The highest BCUT2D eigenvalue weighted by molar-refractivity contribution is 7.84. The van der Waals surface area contributed by atoms with Crippen LogP contribution in [-0.4, -0.2) is 6.21 Å². The molecule has 0 heterocycles. The highest BCUT2D eigenvalue weighted by atomic mass is 32.1. The molecule has 0 amide bonds. The first-order valence-electron chi connectivity index (χ1n) is 3.12. The maximum Gasteiger partial charge on any atom is 0.137 e. The van der Waals surface area contributed by atoms with E-state index in [1.807, 2.05) is 13.8 Å². The Morgan fingerprint density at radius 2 is 2.18 bits per heavy atom. The van der Waals surface area contributed by atoms with Gasteiger partial charge in [0.05, 0.1) is 5.70 Å². The van der Waals surface area contributed by atoms with Crippen LogP contribution in [0.2, 0.25) is 0 Å². The van der Waals surface area contributed by atoms with Gasteiger partial charge in [0.25, 0.3) is 0 Å². The molecule has 0 aliphatic carbocycles. The first kappa shape index (κ1) is 10.1. The Labute approximate surface area is 72.0 Å². The maximum atomic E-state index is 4.05. The molecule has 0 aliphatic rings. The summed E-state index contributed by atoms with van der Waals surface area (Å²) in [6.07, 6.45) is 3.02. The summed E-state index contributed by atoms with van der Waals surface area (Å²) in [5, 5.41) is 7.76. The number of allylic oxidation sites excluding steroid dienone is 1. The number of hydrogen-bond donors (Lipinski definition) is 1. The van der Waals surface area contributed by atoms with Gasteiger partial charge in [-0.1, -0.05) is 6.58 Å². The van der Waals surface area contributed by atoms with Crippen molar-refractivity contribution in [1.82, 2.24) is 0 Å². The molecule has 0 radical (unpaired) electrons. The molecular formula is C7H11N3S. The zero-order valence-electron chi connectivity index (χ0n) is 6.65. The lowest BCUT2D eigenvalue weighted by atomic mass is 10.5. The minimum atomic E-state index is 0.503. The fourth-order valence-corrected chi connectivity index (χ4v) is 0.529. The zero-order valence-corrected chi connectivity index (χ0v) is 7.55. The molecule has 0 saturated carbocycles. The minimum absolute atomic E-state index is 0.503. The summed E-state index contributed by atoms with van der Waals surface area (Å²) in [7, 11) is 0. The molecule has 0 unspecified atom stereocenters. The highest BCUT2D eigenvalue weighted by Crippen LogP contribution is 2.10. The van der Waals surface area contributed by atoms with Crippen LogP contribution in [-0.2, 0) is 0 Å². The number of hydrogen-bond acceptors (Lipinski definition) is 4. The van der Waals surface area contributed by atoms with E-state index in [2.05, 4.69) is 34.4 Å². The average Bonchev–Trinajstić information content (AvgIpc) is 2.00. The third-order valence-corrected chi connectivity index (χ3v) is 1.29. The SMILES string of the molecule is C=CN=N/C(S)=C(/C)N=CC. The smallest absolute Gasteiger partial charge is 0.137 e. The molecule has 11 heavy (non-hydrogen) atoms. The molecule has 0 aliphatic heterocycles. The van der Waals surface area contributed by atoms with Crippen LogP contribution in [0.3, 0.4) is 0 Å². The van der Waals surface area contributed by atoms with Crippen molar-refractivity contribution in [2.75, 3.05) is 0 Å². The summed E-state index contributed by atoms with van der Waals surface area (Å²) in [6.45, 7) is 7.02. The quantitative estimate of drug-likeness (QED) is 0.383. The van der Waals surface area contributed by atoms with Gasteiger partial charge in [-0.05, 0) is 13.8 Å². The molecule has 0 saturated heterocycles. The number of rotatable bonds is 3. The summed E-state index contributed by atoms with van der Waals surface area (Å²) in [5.74, 6) is 0. The second-order valence-corrected chi connectivity index (χ2v) is 2.12. The monoisotopic (exact) mass is 169 g/mol. The molecule has 0 rings (SSSR count). The number of thiol groups is 1. The van der Waals surface area contributed by atoms with Crippen LogP contribution in [0.25, 0.3) is 0 Å². The van der Waals surface area contributed by atoms with Gasteiger partial charge in [-0.2, -0.15) is 5.11 Å². The van der Waals surface area contributed by atoms with Gasteiger partial charge in [0.2, 0.25) is 0 Å². The lowest BCUT2D eigenvalue weighted by Gasteiger charge is -1.91. The van der Waals surface area contributed by atoms with Crippen LogP contribution in [0.4, 0.5) is 0 Å². The molecule has 0 aromatic heterocycles. The van der Waals surface area contributed by atoms with Gasteiger partial charge in [-0.3, -0.25) is 4.99 Å². The first-order valence-corrected chi connectivity index (χ1v) is 3.57. The average molecular weight is 169 g/mol. The molecule has 0 aromatic carbocycles. The number of azo groups is 1. The first-order chi connectivity index (χ1) is 5.22. The van der Waals surface area contributed by atoms with E-state index in [1.54, 1.807) is 6.21 Å². The van der Waals surface area contributed by atoms with Gasteiger partial charge in [-0.15, -0.1) is 17.7 Å². The zero-order chi connectivity index (χ0) is 8.69. The van der Waals surface area contributed by atoms with Crippen LogP contribution >= 0.6 is 12.6 Å². The third-order valence-electron chi connectivity index (χ3n) is 0.880. The normalized spacial score (nSPS) is 14.1. The largest absolute Gasteiger partial charge is 0.263 e. The van der Waals surface area contributed by atoms with Gasteiger partial charge >= 0.3 is 0 Å². The minimum Gasteiger partial charge on any atom is -0.263 e. The Morgan fingerprint density at radius 1 is 1.55 bits per heavy atom. The molecular weight excluding hydrogens is 158 g/mol. The van der Waals surface area contributed by atoms with Crippen LogP contribution in [0.5, 0.6) is 0 Å². The van der Waals surface area contributed by atoms with Crippen molar-refractivity contribution >= 4 is 18.8 Å². The van der Waals surface area contributed by atoms with Crippen molar-refractivity contribution < 1.29 is 0 Å². The van der Waals surface area contributed by atoms with Crippen molar-refractivity contribution in [2.24, 2.45) is 15.2 Å². The summed E-state index contributed by atoms with van der Waals surface area (Å²) in [4.78, 5) is 3.97. The molecule has 0 spiro atoms. The topological polar surface area (TPSA) is 37.1 Å². The molecule has 0 N–H and O–H groups in total. The van der Waals surface area contributed by atoms with E-state index < -0.39 is 0 Å². The molecule has 0 aromatic rings. The standard InChI is InChI=1S/C7H11N3S/c1-4-8-6(3)7(11)10-9-5-2/h4-5,11H,2H2,1,3H3/b7-6+,8-4?,10-9?. The fraction of sp³-hybridized carbons (Fsp3) is 0.286. The van der Waals surface area contributed by atoms with E-state index in [-0.39, 0.29) is 0 Å². The van der Waals surface area contributed by atoms with Crippen molar-refractivity contribution in [1.29, 1.82) is 0 Å². The molecule has 3 nitrogen and oxygen atoms in total. The van der Waals surface area contributed by atoms with Crippen molar-refractivity contribution in [3.63, 3.8) is 0 Å². The van der Waals surface area contributed by atoms with E-state index in [9.17, 15) is 0 Å². The fourth-order valence-electron chi connectivity index (χ4n) is 0.419. The van der Waals surface area contributed by atoms with Crippen LogP contribution < -0.4 is 0 Å². The Bertz CT molecular complexity index is 216. The summed E-state index contributed by atoms with van der Waals surface area (Å²) in [5.41, 5.74) is 0.737. The highest BCUT2D eigenvalue weighted by Gasteiger charge is 1.90. The maximum absolute atomic E-state index is 4.05. The van der Waals surface area contributed by atoms with Gasteiger partial charge in [-0.25, -0.2) is 0 Å². The predicted molar refractivity (Wildman–Crippen MR) is 50.9 cm³/mol. The Kier molecular flexibility index (Phi) is 5.37. The molecule has 0 atom stereocenters. The van der Waals surface area contributed by atoms with Gasteiger partial charge in [0, 0.05) is 12.4 Å². The van der Waals surface area contributed by atoms with Crippen molar-refractivity contribution in [3.8, 4) is 0 Å². The van der Waals surface area contributed by atoms with Gasteiger partial charge < -0.3 is 0 Å². The lowest BCUT2D eigenvalue weighted by Crippen LogP contribution is -1.73. The third kappa shape index (κ3) is 4.50. The van der Waals surface area contributed by atoms with Gasteiger partial charge in [0.1, 0.15) is 5.03 Å². The molecule has 60 valence electrons. The molecule has 4 heteroatoms. The number of nitrogens with zero attached hydrogens (tertiary/aromatic N) is 3. The Hall–Kier alpha value is -0.900. The molecule has 0 bridgehead atoms. The Morgan fingerprint density at radius 3 is 2.64 bits per heavy atom. The second kappa shape index (κ2) is 5.85. The molecule has 0 fully saturated rings. The van der Waals surface area contributed by atoms with E-state index in [4.69, 9.17) is 0 Å². The summed E-state index contributed by atoms with van der Waals surface area (Å²) >= 11 is 4.05. The van der Waals surface area contributed by atoms with E-state index in [0.29, 0.717) is 5.03 Å². The van der Waals surface area contributed by atoms with E-state index in [1.165, 1.54) is 6.20 Å². The predicted octanol–water partition coefficient (Wildman–Crippen LogP) is 2.79. The van der Waals surface area contributed by atoms with Gasteiger partial charge in [0.15, 0.2) is 0 Å². The second-order valence-electron chi connectivity index (χ2n) is 1.69. The van der Waals surface area contributed by atoms with E-state index in [0.717, 1.165) is 5.70 Å². The van der Waals surface area contributed by atoms with Crippen LogP contribution in [0.1, 0.15) is 13.8 Å². The van der Waals surface area contributed by atoms with Crippen molar-refractivity contribution in [3.05, 3.63) is 23.5 Å².